The Morgan fingerprint density at radius 1 is 1.32 bits per heavy atom. The van der Waals surface area contributed by atoms with Crippen molar-refractivity contribution in [2.45, 2.75) is 38.1 Å². The van der Waals surface area contributed by atoms with Crippen molar-refractivity contribution in [2.75, 3.05) is 6.61 Å². The molecule has 1 aromatic carbocycles. The maximum atomic E-state index is 12.5. The topological polar surface area (TPSA) is 77.3 Å². The highest BCUT2D eigenvalue weighted by Crippen LogP contribution is 2.29. The molecule has 2 atom stereocenters. The van der Waals surface area contributed by atoms with Gasteiger partial charge >= 0.3 is 12.1 Å². The second-order valence-electron chi connectivity index (χ2n) is 5.81. The Morgan fingerprint density at radius 2 is 2.04 bits per heavy atom. The Bertz CT molecular complexity index is 737. The molecule has 134 valence electrons. The van der Waals surface area contributed by atoms with Crippen molar-refractivity contribution in [1.29, 1.82) is 0 Å². The lowest BCUT2D eigenvalue weighted by atomic mass is 10.1. The first-order valence-corrected chi connectivity index (χ1v) is 7.78. The minimum absolute atomic E-state index is 0.00310. The summed E-state index contributed by atoms with van der Waals surface area (Å²) in [4.78, 5) is 15.5. The second kappa shape index (κ2) is 6.83. The Kier molecular flexibility index (Phi) is 4.76. The van der Waals surface area contributed by atoms with Crippen molar-refractivity contribution >= 4 is 5.91 Å². The fourth-order valence-corrected chi connectivity index (χ4v) is 2.61. The molecule has 25 heavy (non-hydrogen) atoms. The number of amides is 1. The van der Waals surface area contributed by atoms with E-state index in [2.05, 4.69) is 20.0 Å². The molecule has 0 radical (unpaired) electrons. The fraction of sp³-hybridized carbons (Fsp3) is 0.438. The van der Waals surface area contributed by atoms with Gasteiger partial charge in [-0.3, -0.25) is 4.79 Å². The molecule has 0 unspecified atom stereocenters. The summed E-state index contributed by atoms with van der Waals surface area (Å²) in [6, 6.07) is 5.81. The largest absolute Gasteiger partial charge is 0.471 e. The summed E-state index contributed by atoms with van der Waals surface area (Å²) in [6.07, 6.45) is -2.81. The molecule has 1 aliphatic rings. The van der Waals surface area contributed by atoms with Crippen LogP contribution in [-0.2, 0) is 10.9 Å². The number of carbonyl (C=O) groups is 1. The Hall–Kier alpha value is -2.42. The summed E-state index contributed by atoms with van der Waals surface area (Å²) >= 11 is 0. The Labute approximate surface area is 141 Å². The predicted octanol–water partition coefficient (Wildman–Crippen LogP) is 3.05. The highest BCUT2D eigenvalue weighted by molar-refractivity contribution is 5.94. The van der Waals surface area contributed by atoms with Crippen LogP contribution in [0.4, 0.5) is 13.2 Å². The number of nitrogens with one attached hydrogen (secondary N) is 1. The van der Waals surface area contributed by atoms with Crippen LogP contribution >= 0.6 is 0 Å². The quantitative estimate of drug-likeness (QED) is 0.912. The minimum Gasteiger partial charge on any atom is -0.376 e. The molecule has 1 fully saturated rings. The third-order valence-corrected chi connectivity index (χ3v) is 3.96. The zero-order chi connectivity index (χ0) is 18.0. The van der Waals surface area contributed by atoms with E-state index < -0.39 is 12.1 Å². The second-order valence-corrected chi connectivity index (χ2v) is 5.81. The number of halogens is 3. The third kappa shape index (κ3) is 3.98. The molecule has 1 aromatic heterocycles. The van der Waals surface area contributed by atoms with Crippen LogP contribution in [0.15, 0.2) is 28.8 Å². The van der Waals surface area contributed by atoms with Crippen LogP contribution in [-0.4, -0.2) is 34.8 Å². The number of carbonyl (C=O) groups excluding carboxylic acids is 1. The number of nitrogens with zero attached hydrogens (tertiary/aromatic N) is 2. The van der Waals surface area contributed by atoms with E-state index in [0.717, 1.165) is 12.8 Å². The molecule has 1 N–H and O–H groups in total. The van der Waals surface area contributed by atoms with E-state index in [1.807, 2.05) is 6.92 Å². The highest BCUT2D eigenvalue weighted by Gasteiger charge is 2.38. The van der Waals surface area contributed by atoms with Crippen LogP contribution in [0.2, 0.25) is 0 Å². The van der Waals surface area contributed by atoms with Gasteiger partial charge < -0.3 is 14.6 Å². The van der Waals surface area contributed by atoms with E-state index in [9.17, 15) is 18.0 Å². The van der Waals surface area contributed by atoms with E-state index in [0.29, 0.717) is 17.7 Å². The van der Waals surface area contributed by atoms with E-state index in [1.54, 1.807) is 0 Å². The lowest BCUT2D eigenvalue weighted by Crippen LogP contribution is -2.40. The molecule has 2 aromatic rings. The number of rotatable bonds is 4. The first-order chi connectivity index (χ1) is 11.8. The SMILES string of the molecule is C[C@H](NC(=O)c1ccc(-c2noc(C(F)(F)F)n2)cc1)[C@@H]1CCCO1. The van der Waals surface area contributed by atoms with Crippen molar-refractivity contribution < 1.29 is 27.2 Å². The molecule has 0 aliphatic carbocycles. The standard InChI is InChI=1S/C16H16F3N3O3/c1-9(12-3-2-8-24-12)20-14(23)11-6-4-10(5-7-11)13-21-15(25-22-13)16(17,18)19/h4-7,9,12H,2-3,8H2,1H3,(H,20,23)/t9-,12-/m0/s1. The molecule has 3 rings (SSSR count). The first-order valence-electron chi connectivity index (χ1n) is 7.78. The smallest absolute Gasteiger partial charge is 0.376 e. The van der Waals surface area contributed by atoms with Gasteiger partial charge in [0.05, 0.1) is 12.1 Å². The van der Waals surface area contributed by atoms with Crippen LogP contribution in [0.3, 0.4) is 0 Å². The zero-order valence-electron chi connectivity index (χ0n) is 13.3. The average molecular weight is 355 g/mol. The lowest BCUT2D eigenvalue weighted by molar-refractivity contribution is -0.159. The lowest BCUT2D eigenvalue weighted by Gasteiger charge is -2.20. The number of ether oxygens (including phenoxy) is 1. The summed E-state index contributed by atoms with van der Waals surface area (Å²) in [5, 5.41) is 6.16. The molecular weight excluding hydrogens is 339 g/mol. The number of hydrogen-bond acceptors (Lipinski definition) is 5. The molecule has 1 aliphatic heterocycles. The molecule has 6 nitrogen and oxygen atoms in total. The summed E-state index contributed by atoms with van der Waals surface area (Å²) in [5.74, 6) is -1.87. The molecule has 9 heteroatoms. The van der Waals surface area contributed by atoms with E-state index >= 15 is 0 Å². The normalized spacial score (nSPS) is 19.0. The fourth-order valence-electron chi connectivity index (χ4n) is 2.61. The van der Waals surface area contributed by atoms with Gasteiger partial charge in [0, 0.05) is 17.7 Å². The van der Waals surface area contributed by atoms with Crippen LogP contribution in [0.1, 0.15) is 36.0 Å². The van der Waals surface area contributed by atoms with E-state index in [4.69, 9.17) is 4.74 Å². The maximum absolute atomic E-state index is 12.5. The Morgan fingerprint density at radius 3 is 2.60 bits per heavy atom. The van der Waals surface area contributed by atoms with Gasteiger partial charge in [-0.25, -0.2) is 0 Å². The molecular formula is C16H16F3N3O3. The number of alkyl halides is 3. The molecule has 2 heterocycles. The van der Waals surface area contributed by atoms with Gasteiger partial charge in [0.1, 0.15) is 0 Å². The van der Waals surface area contributed by atoms with Crippen LogP contribution in [0.25, 0.3) is 11.4 Å². The van der Waals surface area contributed by atoms with Crippen molar-refractivity contribution in [3.8, 4) is 11.4 Å². The van der Waals surface area contributed by atoms with Gasteiger partial charge in [0.25, 0.3) is 5.91 Å². The van der Waals surface area contributed by atoms with Crippen LogP contribution in [0, 0.1) is 0 Å². The van der Waals surface area contributed by atoms with Gasteiger partial charge in [0.15, 0.2) is 0 Å². The van der Waals surface area contributed by atoms with Crippen LogP contribution < -0.4 is 5.32 Å². The Balaban J connectivity index is 1.67. The molecule has 0 saturated carbocycles. The van der Waals surface area contributed by atoms with Gasteiger partial charge in [-0.05, 0) is 31.9 Å². The van der Waals surface area contributed by atoms with Crippen molar-refractivity contribution in [3.05, 3.63) is 35.7 Å². The third-order valence-electron chi connectivity index (χ3n) is 3.96. The average Bonchev–Trinajstić information content (AvgIpc) is 3.26. The molecule has 1 amide bonds. The van der Waals surface area contributed by atoms with Gasteiger partial charge in [-0.1, -0.05) is 17.3 Å². The maximum Gasteiger partial charge on any atom is 0.471 e. The number of benzene rings is 1. The molecule has 0 spiro atoms. The van der Waals surface area contributed by atoms with E-state index in [1.165, 1.54) is 24.3 Å². The number of aromatic nitrogens is 2. The van der Waals surface area contributed by atoms with Crippen molar-refractivity contribution in [2.24, 2.45) is 0 Å². The zero-order valence-corrected chi connectivity index (χ0v) is 13.3. The van der Waals surface area contributed by atoms with Crippen LogP contribution in [0.5, 0.6) is 0 Å². The van der Waals surface area contributed by atoms with Gasteiger partial charge in [0.2, 0.25) is 5.82 Å². The predicted molar refractivity (Wildman–Crippen MR) is 80.6 cm³/mol. The summed E-state index contributed by atoms with van der Waals surface area (Å²) in [7, 11) is 0. The summed E-state index contributed by atoms with van der Waals surface area (Å²) in [6.45, 7) is 2.57. The summed E-state index contributed by atoms with van der Waals surface area (Å²) in [5.41, 5.74) is 0.705. The number of hydrogen-bond donors (Lipinski definition) is 1. The monoisotopic (exact) mass is 355 g/mol. The van der Waals surface area contributed by atoms with Gasteiger partial charge in [-0.15, -0.1) is 0 Å². The molecule has 1 saturated heterocycles. The van der Waals surface area contributed by atoms with E-state index in [-0.39, 0.29) is 23.9 Å². The first kappa shape index (κ1) is 17.4. The minimum atomic E-state index is -4.69. The summed E-state index contributed by atoms with van der Waals surface area (Å²) < 4.78 is 47.1. The highest BCUT2D eigenvalue weighted by atomic mass is 19.4. The van der Waals surface area contributed by atoms with Crippen molar-refractivity contribution in [1.82, 2.24) is 15.5 Å². The molecule has 0 bridgehead atoms. The van der Waals surface area contributed by atoms with Gasteiger partial charge in [-0.2, -0.15) is 18.2 Å². The van der Waals surface area contributed by atoms with Crippen molar-refractivity contribution in [3.63, 3.8) is 0 Å².